The van der Waals surface area contributed by atoms with E-state index in [2.05, 4.69) is 4.72 Å². The van der Waals surface area contributed by atoms with Crippen molar-refractivity contribution in [1.82, 2.24) is 4.72 Å². The van der Waals surface area contributed by atoms with E-state index in [9.17, 15) is 8.42 Å². The molecule has 0 radical (unpaired) electrons. The predicted octanol–water partition coefficient (Wildman–Crippen LogP) is 1.41. The first kappa shape index (κ1) is 15.8. The summed E-state index contributed by atoms with van der Waals surface area (Å²) in [5, 5.41) is 0. The lowest BCUT2D eigenvalue weighted by atomic mass is 9.94. The van der Waals surface area contributed by atoms with E-state index < -0.39 is 15.6 Å². The highest BCUT2D eigenvalue weighted by Crippen LogP contribution is 2.19. The van der Waals surface area contributed by atoms with Gasteiger partial charge >= 0.3 is 0 Å². The molecule has 4 nitrogen and oxygen atoms in total. The van der Waals surface area contributed by atoms with Crippen LogP contribution in [0.5, 0.6) is 0 Å². The van der Waals surface area contributed by atoms with Gasteiger partial charge in [-0.2, -0.15) is 0 Å². The summed E-state index contributed by atoms with van der Waals surface area (Å²) < 4.78 is 26.1. The summed E-state index contributed by atoms with van der Waals surface area (Å²) in [5.74, 6) is 0.0859. The second kappa shape index (κ2) is 4.98. The molecule has 0 aliphatic rings. The van der Waals surface area contributed by atoms with Gasteiger partial charge in [0.1, 0.15) is 0 Å². The van der Waals surface area contributed by atoms with E-state index >= 15 is 0 Å². The molecular formula is C10H22N2O2S2. The Morgan fingerprint density at radius 2 is 1.69 bits per heavy atom. The number of hydrogen-bond acceptors (Lipinski definition) is 3. The van der Waals surface area contributed by atoms with Gasteiger partial charge < -0.3 is 5.73 Å². The Morgan fingerprint density at radius 1 is 1.25 bits per heavy atom. The lowest BCUT2D eigenvalue weighted by Gasteiger charge is -2.25. The van der Waals surface area contributed by atoms with Gasteiger partial charge in [-0.1, -0.05) is 33.0 Å². The SMILES string of the molecule is CC(C)(C)CCS(=O)(=O)NC(C)(C)C(N)=S. The standard InChI is InChI=1S/C10H22N2O2S2/c1-9(2,3)6-7-16(13,14)12-10(4,5)8(11)15/h12H,6-7H2,1-5H3,(H2,11,15). The van der Waals surface area contributed by atoms with Crippen LogP contribution in [0.25, 0.3) is 0 Å². The summed E-state index contributed by atoms with van der Waals surface area (Å²) >= 11 is 4.81. The van der Waals surface area contributed by atoms with Gasteiger partial charge in [-0.25, -0.2) is 13.1 Å². The summed E-state index contributed by atoms with van der Waals surface area (Å²) in [6, 6.07) is 0. The topological polar surface area (TPSA) is 72.2 Å². The molecule has 0 unspecified atom stereocenters. The number of hydrogen-bond donors (Lipinski definition) is 2. The van der Waals surface area contributed by atoms with Crippen LogP contribution in [0, 0.1) is 5.41 Å². The first-order valence-electron chi connectivity index (χ1n) is 5.17. The molecule has 16 heavy (non-hydrogen) atoms. The van der Waals surface area contributed by atoms with Gasteiger partial charge in [0.15, 0.2) is 0 Å². The van der Waals surface area contributed by atoms with Gasteiger partial charge in [0, 0.05) is 0 Å². The monoisotopic (exact) mass is 266 g/mol. The zero-order chi connectivity index (χ0) is 13.2. The molecule has 0 atom stereocenters. The molecule has 0 heterocycles. The van der Waals surface area contributed by atoms with Crippen LogP contribution in [0.15, 0.2) is 0 Å². The third kappa shape index (κ3) is 6.40. The van der Waals surface area contributed by atoms with E-state index in [0.29, 0.717) is 6.42 Å². The second-order valence-corrected chi connectivity index (χ2v) is 8.00. The average Bonchev–Trinajstić information content (AvgIpc) is 1.97. The highest BCUT2D eigenvalue weighted by molar-refractivity contribution is 7.89. The van der Waals surface area contributed by atoms with E-state index in [1.165, 1.54) is 0 Å². The first-order chi connectivity index (χ1) is 6.86. The molecule has 0 aromatic heterocycles. The largest absolute Gasteiger partial charge is 0.392 e. The van der Waals surface area contributed by atoms with Gasteiger partial charge in [-0.05, 0) is 25.7 Å². The number of thiocarbonyl (C=S) groups is 1. The Balaban J connectivity index is 4.55. The van der Waals surface area contributed by atoms with Crippen molar-refractivity contribution in [3.8, 4) is 0 Å². The van der Waals surface area contributed by atoms with Crippen molar-refractivity contribution in [3.05, 3.63) is 0 Å². The minimum Gasteiger partial charge on any atom is -0.392 e. The predicted molar refractivity (Wildman–Crippen MR) is 71.9 cm³/mol. The maximum atomic E-state index is 11.8. The molecule has 0 saturated carbocycles. The number of sulfonamides is 1. The summed E-state index contributed by atoms with van der Waals surface area (Å²) in [5.41, 5.74) is 4.58. The average molecular weight is 266 g/mol. The zero-order valence-electron chi connectivity index (χ0n) is 10.6. The van der Waals surface area contributed by atoms with Crippen LogP contribution in [-0.4, -0.2) is 24.7 Å². The fourth-order valence-corrected chi connectivity index (χ4v) is 2.92. The third-order valence-electron chi connectivity index (χ3n) is 2.15. The molecule has 0 aromatic carbocycles. The lowest BCUT2D eigenvalue weighted by molar-refractivity contribution is 0.395. The van der Waals surface area contributed by atoms with Crippen molar-refractivity contribution in [2.45, 2.75) is 46.6 Å². The quantitative estimate of drug-likeness (QED) is 0.738. The molecule has 6 heteroatoms. The first-order valence-corrected chi connectivity index (χ1v) is 7.23. The molecule has 0 aliphatic carbocycles. The Hall–Kier alpha value is -0.200. The van der Waals surface area contributed by atoms with E-state index in [1.807, 2.05) is 20.8 Å². The highest BCUT2D eigenvalue weighted by atomic mass is 32.2. The molecule has 0 bridgehead atoms. The molecule has 0 rings (SSSR count). The second-order valence-electron chi connectivity index (χ2n) is 5.72. The molecule has 0 spiro atoms. The number of nitrogens with one attached hydrogen (secondary N) is 1. The summed E-state index contributed by atoms with van der Waals surface area (Å²) in [6.07, 6.45) is 0.593. The number of nitrogens with two attached hydrogens (primary N) is 1. The van der Waals surface area contributed by atoms with Crippen LogP contribution < -0.4 is 10.5 Å². The molecule has 0 fully saturated rings. The Morgan fingerprint density at radius 3 is 2.00 bits per heavy atom. The van der Waals surface area contributed by atoms with E-state index in [0.717, 1.165) is 0 Å². The van der Waals surface area contributed by atoms with Crippen LogP contribution in [0.2, 0.25) is 0 Å². The van der Waals surface area contributed by atoms with E-state index in [4.69, 9.17) is 18.0 Å². The lowest BCUT2D eigenvalue weighted by Crippen LogP contribution is -2.52. The molecule has 0 amide bonds. The van der Waals surface area contributed by atoms with Crippen molar-refractivity contribution in [1.29, 1.82) is 0 Å². The smallest absolute Gasteiger partial charge is 0.212 e. The molecule has 0 aliphatic heterocycles. The summed E-state index contributed by atoms with van der Waals surface area (Å²) in [6.45, 7) is 9.32. The molecule has 0 saturated heterocycles. The highest BCUT2D eigenvalue weighted by Gasteiger charge is 2.28. The van der Waals surface area contributed by atoms with Crippen LogP contribution in [0.4, 0.5) is 0 Å². The van der Waals surface area contributed by atoms with E-state index in [-0.39, 0.29) is 16.2 Å². The van der Waals surface area contributed by atoms with E-state index in [1.54, 1.807) is 13.8 Å². The van der Waals surface area contributed by atoms with Crippen molar-refractivity contribution in [3.63, 3.8) is 0 Å². The van der Waals surface area contributed by atoms with Crippen molar-refractivity contribution in [2.24, 2.45) is 11.1 Å². The van der Waals surface area contributed by atoms with Crippen LogP contribution in [0.3, 0.4) is 0 Å². The Kier molecular flexibility index (Phi) is 4.91. The van der Waals surface area contributed by atoms with Crippen LogP contribution in [-0.2, 0) is 10.0 Å². The minimum atomic E-state index is -3.33. The van der Waals surface area contributed by atoms with Gasteiger partial charge in [-0.3, -0.25) is 0 Å². The molecule has 96 valence electrons. The minimum absolute atomic E-state index is 0.0118. The van der Waals surface area contributed by atoms with Gasteiger partial charge in [0.2, 0.25) is 10.0 Å². The van der Waals surface area contributed by atoms with Crippen molar-refractivity contribution in [2.75, 3.05) is 5.75 Å². The fraction of sp³-hybridized carbons (Fsp3) is 0.900. The Labute approximate surface area is 104 Å². The zero-order valence-corrected chi connectivity index (χ0v) is 12.3. The maximum Gasteiger partial charge on any atom is 0.212 e. The fourth-order valence-electron chi connectivity index (χ4n) is 0.931. The van der Waals surface area contributed by atoms with Crippen molar-refractivity contribution >= 4 is 27.2 Å². The normalized spacial score (nSPS) is 13.8. The van der Waals surface area contributed by atoms with Gasteiger partial charge in [-0.15, -0.1) is 0 Å². The molecule has 0 aromatic rings. The molecule has 3 N–H and O–H groups in total. The van der Waals surface area contributed by atoms with Crippen LogP contribution in [0.1, 0.15) is 41.0 Å². The van der Waals surface area contributed by atoms with Gasteiger partial charge in [0.05, 0.1) is 16.3 Å². The number of rotatable bonds is 5. The molecular weight excluding hydrogens is 244 g/mol. The summed E-state index contributed by atoms with van der Waals surface area (Å²) in [7, 11) is -3.33. The maximum absolute atomic E-state index is 11.8. The van der Waals surface area contributed by atoms with Gasteiger partial charge in [0.25, 0.3) is 0 Å². The van der Waals surface area contributed by atoms with Crippen LogP contribution >= 0.6 is 12.2 Å². The third-order valence-corrected chi connectivity index (χ3v) is 4.22. The van der Waals surface area contributed by atoms with Crippen molar-refractivity contribution < 1.29 is 8.42 Å². The Bertz CT molecular complexity index is 354. The summed E-state index contributed by atoms with van der Waals surface area (Å²) in [4.78, 5) is 0.145.